The Morgan fingerprint density at radius 1 is 0.900 bits per heavy atom. The molecule has 0 radical (unpaired) electrons. The van der Waals surface area contributed by atoms with Crippen molar-refractivity contribution in [3.8, 4) is 12.1 Å². The Balaban J connectivity index is 1.95. The van der Waals surface area contributed by atoms with Crippen molar-refractivity contribution in [3.05, 3.63) is 65.2 Å². The molecule has 0 aliphatic carbocycles. The molecule has 2 N–H and O–H groups in total. The first-order chi connectivity index (χ1) is 9.72. The van der Waals surface area contributed by atoms with Crippen LogP contribution in [0.4, 0.5) is 5.69 Å². The van der Waals surface area contributed by atoms with E-state index in [2.05, 4.69) is 11.4 Å². The molecule has 0 aromatic heterocycles. The summed E-state index contributed by atoms with van der Waals surface area (Å²) in [6.07, 6.45) is -0.654. The predicted octanol–water partition coefficient (Wildman–Crippen LogP) is 2.58. The minimum absolute atomic E-state index is 0.359. The Labute approximate surface area is 117 Å². The van der Waals surface area contributed by atoms with Gasteiger partial charge in [-0.05, 0) is 42.0 Å². The molecule has 0 heterocycles. The number of nitrogens with zero attached hydrogens (tertiary/aromatic N) is 2. The molecule has 0 aliphatic rings. The van der Waals surface area contributed by atoms with Crippen molar-refractivity contribution in [1.82, 2.24) is 0 Å². The van der Waals surface area contributed by atoms with E-state index < -0.39 is 6.10 Å². The Hall–Kier alpha value is -2.82. The molecule has 1 atom stereocenters. The first-order valence-corrected chi connectivity index (χ1v) is 6.15. The van der Waals surface area contributed by atoms with E-state index in [1.165, 1.54) is 0 Å². The lowest BCUT2D eigenvalue weighted by atomic mass is 10.1. The molecular weight excluding hydrogens is 250 g/mol. The summed E-state index contributed by atoms with van der Waals surface area (Å²) in [7, 11) is 0. The maximum absolute atomic E-state index is 10.0. The quantitative estimate of drug-likeness (QED) is 0.888. The molecule has 0 bridgehead atoms. The predicted molar refractivity (Wildman–Crippen MR) is 75.8 cm³/mol. The van der Waals surface area contributed by atoms with Crippen molar-refractivity contribution < 1.29 is 5.11 Å². The van der Waals surface area contributed by atoms with Crippen molar-refractivity contribution in [2.24, 2.45) is 0 Å². The van der Waals surface area contributed by atoms with E-state index in [1.54, 1.807) is 48.5 Å². The van der Waals surface area contributed by atoms with Gasteiger partial charge >= 0.3 is 0 Å². The second-order valence-electron chi connectivity index (χ2n) is 4.32. The van der Waals surface area contributed by atoms with Crippen LogP contribution in [0.15, 0.2) is 48.5 Å². The van der Waals surface area contributed by atoms with Crippen LogP contribution in [0.25, 0.3) is 0 Å². The summed E-state index contributed by atoms with van der Waals surface area (Å²) in [5.41, 5.74) is 2.77. The summed E-state index contributed by atoms with van der Waals surface area (Å²) in [4.78, 5) is 0. The molecule has 0 amide bonds. The van der Waals surface area contributed by atoms with Gasteiger partial charge in [0.2, 0.25) is 0 Å². The van der Waals surface area contributed by atoms with E-state index in [4.69, 9.17) is 10.5 Å². The van der Waals surface area contributed by atoms with Crippen molar-refractivity contribution in [3.63, 3.8) is 0 Å². The van der Waals surface area contributed by atoms with Crippen molar-refractivity contribution >= 4 is 5.69 Å². The number of nitrogens with one attached hydrogen (secondary N) is 1. The Bertz CT molecular complexity index is 648. The standard InChI is InChI=1S/C16H13N3O/c17-9-12-1-5-14(6-2-12)16(20)11-19-15-7-3-13(10-18)4-8-15/h1-8,16,19-20H,11H2. The highest BCUT2D eigenvalue weighted by atomic mass is 16.3. The van der Waals surface area contributed by atoms with Gasteiger partial charge in [0.1, 0.15) is 0 Å². The molecule has 2 aromatic carbocycles. The Morgan fingerprint density at radius 3 is 1.90 bits per heavy atom. The summed E-state index contributed by atoms with van der Waals surface area (Å²) in [5, 5.41) is 30.6. The molecule has 0 aliphatic heterocycles. The number of nitriles is 2. The lowest BCUT2D eigenvalue weighted by Gasteiger charge is -2.13. The van der Waals surface area contributed by atoms with Gasteiger partial charge in [0, 0.05) is 12.2 Å². The molecule has 2 aromatic rings. The minimum Gasteiger partial charge on any atom is -0.387 e. The molecular formula is C16H13N3O. The van der Waals surface area contributed by atoms with Gasteiger partial charge in [-0.3, -0.25) is 0 Å². The van der Waals surface area contributed by atoms with Crippen LogP contribution in [-0.4, -0.2) is 11.7 Å². The molecule has 2 rings (SSSR count). The summed E-state index contributed by atoms with van der Waals surface area (Å²) in [6.45, 7) is 0.359. The van der Waals surface area contributed by atoms with E-state index in [0.717, 1.165) is 11.3 Å². The van der Waals surface area contributed by atoms with Gasteiger partial charge in [-0.15, -0.1) is 0 Å². The molecule has 98 valence electrons. The van der Waals surface area contributed by atoms with E-state index in [-0.39, 0.29) is 0 Å². The fourth-order valence-electron chi connectivity index (χ4n) is 1.77. The van der Waals surface area contributed by atoms with E-state index >= 15 is 0 Å². The molecule has 4 nitrogen and oxygen atoms in total. The van der Waals surface area contributed by atoms with Crippen molar-refractivity contribution in [2.45, 2.75) is 6.10 Å². The monoisotopic (exact) mass is 263 g/mol. The normalized spacial score (nSPS) is 11.2. The lowest BCUT2D eigenvalue weighted by Crippen LogP contribution is -2.12. The third-order valence-corrected chi connectivity index (χ3v) is 2.94. The first-order valence-electron chi connectivity index (χ1n) is 6.15. The van der Waals surface area contributed by atoms with Crippen LogP contribution in [0.5, 0.6) is 0 Å². The van der Waals surface area contributed by atoms with Crippen molar-refractivity contribution in [1.29, 1.82) is 10.5 Å². The molecule has 0 saturated heterocycles. The van der Waals surface area contributed by atoms with Gasteiger partial charge in [0.15, 0.2) is 0 Å². The van der Waals surface area contributed by atoms with Crippen LogP contribution >= 0.6 is 0 Å². The highest BCUT2D eigenvalue weighted by Crippen LogP contribution is 2.15. The molecule has 0 fully saturated rings. The number of aliphatic hydroxyl groups excluding tert-OH is 1. The average Bonchev–Trinajstić information content (AvgIpc) is 2.53. The summed E-state index contributed by atoms with van der Waals surface area (Å²) >= 11 is 0. The van der Waals surface area contributed by atoms with Gasteiger partial charge in [0.05, 0.1) is 29.4 Å². The number of hydrogen-bond donors (Lipinski definition) is 2. The summed E-state index contributed by atoms with van der Waals surface area (Å²) < 4.78 is 0. The van der Waals surface area contributed by atoms with Gasteiger partial charge in [-0.1, -0.05) is 12.1 Å². The Morgan fingerprint density at radius 2 is 1.40 bits per heavy atom. The van der Waals surface area contributed by atoms with E-state index in [0.29, 0.717) is 17.7 Å². The average molecular weight is 263 g/mol. The topological polar surface area (TPSA) is 79.8 Å². The molecule has 4 heteroatoms. The third kappa shape index (κ3) is 3.35. The maximum atomic E-state index is 10.0. The van der Waals surface area contributed by atoms with Crippen LogP contribution in [0, 0.1) is 22.7 Å². The molecule has 20 heavy (non-hydrogen) atoms. The highest BCUT2D eigenvalue weighted by Gasteiger charge is 2.07. The van der Waals surface area contributed by atoms with Gasteiger partial charge < -0.3 is 10.4 Å². The third-order valence-electron chi connectivity index (χ3n) is 2.94. The maximum Gasteiger partial charge on any atom is 0.0991 e. The zero-order valence-electron chi connectivity index (χ0n) is 10.7. The molecule has 0 saturated carbocycles. The largest absolute Gasteiger partial charge is 0.387 e. The summed E-state index contributed by atoms with van der Waals surface area (Å²) in [6, 6.07) is 18.0. The molecule has 0 spiro atoms. The minimum atomic E-state index is -0.654. The number of rotatable bonds is 4. The van der Waals surface area contributed by atoms with E-state index in [9.17, 15) is 5.11 Å². The highest BCUT2D eigenvalue weighted by molar-refractivity contribution is 5.47. The van der Waals surface area contributed by atoms with Crippen LogP contribution < -0.4 is 5.32 Å². The first kappa shape index (κ1) is 13.6. The van der Waals surface area contributed by atoms with Crippen LogP contribution in [0.1, 0.15) is 22.8 Å². The number of hydrogen-bond acceptors (Lipinski definition) is 4. The SMILES string of the molecule is N#Cc1ccc(NCC(O)c2ccc(C#N)cc2)cc1. The number of aliphatic hydroxyl groups is 1. The lowest BCUT2D eigenvalue weighted by molar-refractivity contribution is 0.191. The second kappa shape index (κ2) is 6.38. The summed E-state index contributed by atoms with van der Waals surface area (Å²) in [5.74, 6) is 0. The molecule has 1 unspecified atom stereocenters. The van der Waals surface area contributed by atoms with Gasteiger partial charge in [-0.25, -0.2) is 0 Å². The zero-order valence-corrected chi connectivity index (χ0v) is 10.7. The second-order valence-corrected chi connectivity index (χ2v) is 4.32. The van der Waals surface area contributed by atoms with Crippen LogP contribution in [-0.2, 0) is 0 Å². The smallest absolute Gasteiger partial charge is 0.0991 e. The van der Waals surface area contributed by atoms with Gasteiger partial charge in [0.25, 0.3) is 0 Å². The Kier molecular flexibility index (Phi) is 4.34. The van der Waals surface area contributed by atoms with Crippen LogP contribution in [0.3, 0.4) is 0 Å². The van der Waals surface area contributed by atoms with Crippen molar-refractivity contribution in [2.75, 3.05) is 11.9 Å². The fourth-order valence-corrected chi connectivity index (χ4v) is 1.77. The van der Waals surface area contributed by atoms with Crippen LogP contribution in [0.2, 0.25) is 0 Å². The number of benzene rings is 2. The van der Waals surface area contributed by atoms with Gasteiger partial charge in [-0.2, -0.15) is 10.5 Å². The van der Waals surface area contributed by atoms with E-state index in [1.807, 2.05) is 6.07 Å². The number of anilines is 1. The zero-order chi connectivity index (χ0) is 14.4. The fraction of sp³-hybridized carbons (Fsp3) is 0.125.